The third-order valence-electron chi connectivity index (χ3n) is 5.21. The predicted molar refractivity (Wildman–Crippen MR) is 113 cm³/mol. The summed E-state index contributed by atoms with van der Waals surface area (Å²) in [4.78, 5) is 26.5. The molecule has 31 heavy (non-hydrogen) atoms. The number of anilines is 2. The van der Waals surface area contributed by atoms with Crippen molar-refractivity contribution < 1.29 is 22.8 Å². The summed E-state index contributed by atoms with van der Waals surface area (Å²) in [6, 6.07) is 18.5. The van der Waals surface area contributed by atoms with Gasteiger partial charge in [0.2, 0.25) is 5.91 Å². The van der Waals surface area contributed by atoms with Crippen molar-refractivity contribution in [2.45, 2.75) is 19.0 Å². The maximum Gasteiger partial charge on any atom is 0.416 e. The smallest absolute Gasteiger partial charge is 0.322 e. The summed E-state index contributed by atoms with van der Waals surface area (Å²) in [6.45, 7) is 0.686. The SMILES string of the molecule is O=C(Nc1ccc(N2CCCC2=O)cc1)c1ccccc1-c1ccc(C(F)(F)F)cc1. The van der Waals surface area contributed by atoms with Gasteiger partial charge in [-0.3, -0.25) is 9.59 Å². The van der Waals surface area contributed by atoms with Crippen LogP contribution in [0.4, 0.5) is 24.5 Å². The maximum absolute atomic E-state index is 12.9. The Morgan fingerprint density at radius 2 is 1.58 bits per heavy atom. The Morgan fingerprint density at radius 1 is 0.903 bits per heavy atom. The monoisotopic (exact) mass is 424 g/mol. The van der Waals surface area contributed by atoms with E-state index in [1.54, 1.807) is 53.4 Å². The molecule has 3 aromatic rings. The fourth-order valence-corrected chi connectivity index (χ4v) is 3.62. The molecule has 1 aliphatic rings. The van der Waals surface area contributed by atoms with Crippen LogP contribution in [0, 0.1) is 0 Å². The molecule has 1 saturated heterocycles. The minimum atomic E-state index is -4.42. The summed E-state index contributed by atoms with van der Waals surface area (Å²) in [5.74, 6) is -0.289. The lowest BCUT2D eigenvalue weighted by Gasteiger charge is -2.16. The van der Waals surface area contributed by atoms with E-state index in [0.29, 0.717) is 35.3 Å². The van der Waals surface area contributed by atoms with Gasteiger partial charge >= 0.3 is 6.18 Å². The minimum absolute atomic E-state index is 0.0854. The largest absolute Gasteiger partial charge is 0.416 e. The number of rotatable bonds is 4. The van der Waals surface area contributed by atoms with Crippen LogP contribution in [0.2, 0.25) is 0 Å². The van der Waals surface area contributed by atoms with E-state index in [1.807, 2.05) is 0 Å². The number of benzene rings is 3. The van der Waals surface area contributed by atoms with Crippen LogP contribution < -0.4 is 10.2 Å². The van der Waals surface area contributed by atoms with E-state index in [1.165, 1.54) is 12.1 Å². The van der Waals surface area contributed by atoms with E-state index in [9.17, 15) is 22.8 Å². The van der Waals surface area contributed by atoms with Crippen molar-refractivity contribution in [2.24, 2.45) is 0 Å². The van der Waals surface area contributed by atoms with E-state index in [4.69, 9.17) is 0 Å². The Hall–Kier alpha value is -3.61. The van der Waals surface area contributed by atoms with Crippen molar-refractivity contribution in [1.82, 2.24) is 0 Å². The van der Waals surface area contributed by atoms with Gasteiger partial charge in [0, 0.05) is 29.9 Å². The van der Waals surface area contributed by atoms with Gasteiger partial charge in [0.25, 0.3) is 5.91 Å². The second kappa shape index (κ2) is 8.26. The molecule has 1 heterocycles. The van der Waals surface area contributed by atoms with Crippen LogP contribution in [-0.2, 0) is 11.0 Å². The normalized spacial score (nSPS) is 14.0. The summed E-state index contributed by atoms with van der Waals surface area (Å²) < 4.78 is 38.5. The van der Waals surface area contributed by atoms with Crippen LogP contribution >= 0.6 is 0 Å². The summed E-state index contributed by atoms with van der Waals surface area (Å²) in [5, 5.41) is 2.81. The molecule has 0 bridgehead atoms. The molecule has 4 rings (SSSR count). The average Bonchev–Trinajstić information content (AvgIpc) is 3.19. The van der Waals surface area contributed by atoms with Crippen molar-refractivity contribution >= 4 is 23.2 Å². The molecule has 0 spiro atoms. The fourth-order valence-electron chi connectivity index (χ4n) is 3.62. The van der Waals surface area contributed by atoms with Crippen LogP contribution in [0.1, 0.15) is 28.8 Å². The van der Waals surface area contributed by atoms with Crippen LogP contribution in [0.3, 0.4) is 0 Å². The molecule has 1 fully saturated rings. The van der Waals surface area contributed by atoms with Crippen LogP contribution in [0.15, 0.2) is 72.8 Å². The first-order valence-electron chi connectivity index (χ1n) is 9.81. The lowest BCUT2D eigenvalue weighted by Crippen LogP contribution is -2.23. The number of carbonyl (C=O) groups excluding carboxylic acids is 2. The Kier molecular flexibility index (Phi) is 5.50. The molecule has 2 amide bonds. The van der Waals surface area contributed by atoms with Gasteiger partial charge in [0.15, 0.2) is 0 Å². The summed E-state index contributed by atoms with van der Waals surface area (Å²) in [6.07, 6.45) is -3.04. The van der Waals surface area contributed by atoms with E-state index in [2.05, 4.69) is 5.32 Å². The Labute approximate surface area is 177 Å². The number of amides is 2. The summed E-state index contributed by atoms with van der Waals surface area (Å²) in [5.41, 5.74) is 2.00. The molecule has 0 unspecified atom stereocenters. The van der Waals surface area contributed by atoms with Crippen molar-refractivity contribution in [1.29, 1.82) is 0 Å². The highest BCUT2D eigenvalue weighted by atomic mass is 19.4. The molecule has 0 saturated carbocycles. The topological polar surface area (TPSA) is 49.4 Å². The third kappa shape index (κ3) is 4.45. The minimum Gasteiger partial charge on any atom is -0.322 e. The number of halogens is 3. The molecule has 0 radical (unpaired) electrons. The highest BCUT2D eigenvalue weighted by Crippen LogP contribution is 2.32. The first-order valence-corrected chi connectivity index (χ1v) is 9.81. The van der Waals surface area contributed by atoms with E-state index < -0.39 is 11.7 Å². The van der Waals surface area contributed by atoms with E-state index >= 15 is 0 Å². The zero-order chi connectivity index (χ0) is 22.0. The molecule has 7 heteroatoms. The molecular weight excluding hydrogens is 405 g/mol. The third-order valence-corrected chi connectivity index (χ3v) is 5.21. The Balaban J connectivity index is 1.54. The maximum atomic E-state index is 12.9. The summed E-state index contributed by atoms with van der Waals surface area (Å²) >= 11 is 0. The van der Waals surface area contributed by atoms with Crippen molar-refractivity contribution in [3.63, 3.8) is 0 Å². The van der Waals surface area contributed by atoms with Crippen molar-refractivity contribution in [3.8, 4) is 11.1 Å². The lowest BCUT2D eigenvalue weighted by molar-refractivity contribution is -0.137. The zero-order valence-corrected chi connectivity index (χ0v) is 16.4. The van der Waals surface area contributed by atoms with Gasteiger partial charge in [-0.25, -0.2) is 0 Å². The summed E-state index contributed by atoms with van der Waals surface area (Å²) in [7, 11) is 0. The van der Waals surface area contributed by atoms with Gasteiger partial charge in [0.05, 0.1) is 5.56 Å². The molecule has 3 aromatic carbocycles. The number of alkyl halides is 3. The van der Waals surface area contributed by atoms with E-state index in [0.717, 1.165) is 24.2 Å². The number of carbonyl (C=O) groups is 2. The molecule has 1 aliphatic heterocycles. The number of hydrogen-bond donors (Lipinski definition) is 1. The van der Waals surface area contributed by atoms with E-state index in [-0.39, 0.29) is 11.8 Å². The van der Waals surface area contributed by atoms with Gasteiger partial charge in [-0.1, -0.05) is 30.3 Å². The lowest BCUT2D eigenvalue weighted by atomic mass is 9.98. The van der Waals surface area contributed by atoms with Gasteiger partial charge in [0.1, 0.15) is 0 Å². The molecule has 0 aliphatic carbocycles. The molecule has 1 N–H and O–H groups in total. The molecule has 0 aromatic heterocycles. The standard InChI is InChI=1S/C24H19F3N2O2/c25-24(26,27)17-9-7-16(8-10-17)20-4-1-2-5-21(20)23(31)28-18-11-13-19(14-12-18)29-15-3-6-22(29)30/h1-2,4-5,7-14H,3,6,15H2,(H,28,31). The molecular formula is C24H19F3N2O2. The van der Waals surface area contributed by atoms with Crippen molar-refractivity contribution in [2.75, 3.05) is 16.8 Å². The highest BCUT2D eigenvalue weighted by molar-refractivity contribution is 6.08. The Morgan fingerprint density at radius 3 is 2.19 bits per heavy atom. The van der Waals surface area contributed by atoms with Gasteiger partial charge in [-0.2, -0.15) is 13.2 Å². The zero-order valence-electron chi connectivity index (χ0n) is 16.4. The predicted octanol–water partition coefficient (Wildman–Crippen LogP) is 5.75. The first kappa shape index (κ1) is 20.7. The molecule has 158 valence electrons. The van der Waals surface area contributed by atoms with Crippen LogP contribution in [0.5, 0.6) is 0 Å². The van der Waals surface area contributed by atoms with Crippen LogP contribution in [-0.4, -0.2) is 18.4 Å². The fraction of sp³-hybridized carbons (Fsp3) is 0.167. The average molecular weight is 424 g/mol. The molecule has 0 atom stereocenters. The quantitative estimate of drug-likeness (QED) is 0.580. The van der Waals surface area contributed by atoms with Crippen molar-refractivity contribution in [3.05, 3.63) is 83.9 Å². The van der Waals surface area contributed by atoms with Gasteiger partial charge in [-0.15, -0.1) is 0 Å². The van der Waals surface area contributed by atoms with Gasteiger partial charge in [-0.05, 0) is 60.0 Å². The van der Waals surface area contributed by atoms with Crippen LogP contribution in [0.25, 0.3) is 11.1 Å². The van der Waals surface area contributed by atoms with Gasteiger partial charge < -0.3 is 10.2 Å². The second-order valence-corrected chi connectivity index (χ2v) is 7.27. The number of hydrogen-bond acceptors (Lipinski definition) is 2. The first-order chi connectivity index (χ1) is 14.8. The number of nitrogens with one attached hydrogen (secondary N) is 1. The highest BCUT2D eigenvalue weighted by Gasteiger charge is 2.30. The molecule has 4 nitrogen and oxygen atoms in total. The second-order valence-electron chi connectivity index (χ2n) is 7.27. The Bertz CT molecular complexity index is 1110. The number of nitrogens with zero attached hydrogens (tertiary/aromatic N) is 1.